The van der Waals surface area contributed by atoms with E-state index in [2.05, 4.69) is 21.2 Å². The molecule has 0 bridgehead atoms. The third-order valence-electron chi connectivity index (χ3n) is 2.67. The van der Waals surface area contributed by atoms with Crippen LogP contribution in [0.25, 0.3) is 0 Å². The second-order valence-corrected chi connectivity index (χ2v) is 4.83. The molecular formula is C13H13BrFNO3. The fourth-order valence-corrected chi connectivity index (χ4v) is 1.70. The highest BCUT2D eigenvalue weighted by Gasteiger charge is 2.12. The Kier molecular flexibility index (Phi) is 5.23. The molecule has 6 heteroatoms. The van der Waals surface area contributed by atoms with Crippen molar-refractivity contribution in [2.24, 2.45) is 0 Å². The number of hydrogen-bond acceptors (Lipinski definition) is 2. The summed E-state index contributed by atoms with van der Waals surface area (Å²) in [5, 5.41) is 11.3. The SMILES string of the molecule is CC(C(=O)O)=C(C)C(=O)NCc1cc(F)ccc1Br. The van der Waals surface area contributed by atoms with Gasteiger partial charge in [-0.15, -0.1) is 0 Å². The maximum Gasteiger partial charge on any atom is 0.331 e. The number of carbonyl (C=O) groups is 2. The van der Waals surface area contributed by atoms with Crippen molar-refractivity contribution < 1.29 is 19.1 Å². The normalized spacial score (nSPS) is 11.8. The number of nitrogens with one attached hydrogen (secondary N) is 1. The lowest BCUT2D eigenvalue weighted by Crippen LogP contribution is -2.25. The van der Waals surface area contributed by atoms with E-state index < -0.39 is 17.7 Å². The Balaban J connectivity index is 2.77. The minimum Gasteiger partial charge on any atom is -0.478 e. The molecule has 2 N–H and O–H groups in total. The van der Waals surface area contributed by atoms with Crippen molar-refractivity contribution in [2.75, 3.05) is 0 Å². The molecule has 0 saturated heterocycles. The van der Waals surface area contributed by atoms with Crippen LogP contribution in [0.1, 0.15) is 19.4 Å². The van der Waals surface area contributed by atoms with Gasteiger partial charge in [-0.25, -0.2) is 9.18 Å². The molecule has 0 radical (unpaired) electrons. The topological polar surface area (TPSA) is 66.4 Å². The molecule has 0 heterocycles. The Morgan fingerprint density at radius 3 is 2.53 bits per heavy atom. The van der Waals surface area contributed by atoms with Crippen LogP contribution in [0.2, 0.25) is 0 Å². The number of carbonyl (C=O) groups excluding carboxylic acids is 1. The third-order valence-corrected chi connectivity index (χ3v) is 3.44. The van der Waals surface area contributed by atoms with Crippen LogP contribution in [-0.4, -0.2) is 17.0 Å². The van der Waals surface area contributed by atoms with Crippen LogP contribution in [0.5, 0.6) is 0 Å². The summed E-state index contributed by atoms with van der Waals surface area (Å²) in [7, 11) is 0. The van der Waals surface area contributed by atoms with Gasteiger partial charge in [0.25, 0.3) is 0 Å². The van der Waals surface area contributed by atoms with Crippen LogP contribution in [0.15, 0.2) is 33.8 Å². The van der Waals surface area contributed by atoms with Crippen molar-refractivity contribution in [3.8, 4) is 0 Å². The van der Waals surface area contributed by atoms with Crippen molar-refractivity contribution in [1.29, 1.82) is 0 Å². The Hall–Kier alpha value is -1.69. The zero-order valence-corrected chi connectivity index (χ0v) is 12.0. The quantitative estimate of drug-likeness (QED) is 0.834. The van der Waals surface area contributed by atoms with E-state index in [4.69, 9.17) is 5.11 Å². The number of hydrogen-bond donors (Lipinski definition) is 2. The third kappa shape index (κ3) is 4.17. The second-order valence-electron chi connectivity index (χ2n) is 3.97. The Morgan fingerprint density at radius 2 is 1.95 bits per heavy atom. The van der Waals surface area contributed by atoms with Crippen LogP contribution in [0.3, 0.4) is 0 Å². The maximum atomic E-state index is 13.0. The number of benzene rings is 1. The first-order chi connectivity index (χ1) is 8.82. The first-order valence-electron chi connectivity index (χ1n) is 5.45. The van der Waals surface area contributed by atoms with E-state index in [-0.39, 0.29) is 17.7 Å². The van der Waals surface area contributed by atoms with Crippen molar-refractivity contribution in [3.63, 3.8) is 0 Å². The lowest BCUT2D eigenvalue weighted by atomic mass is 10.1. The van der Waals surface area contributed by atoms with Crippen LogP contribution in [0, 0.1) is 5.82 Å². The molecule has 0 aromatic heterocycles. The molecular weight excluding hydrogens is 317 g/mol. The van der Waals surface area contributed by atoms with E-state index in [0.717, 1.165) is 0 Å². The van der Waals surface area contributed by atoms with Crippen molar-refractivity contribution in [1.82, 2.24) is 5.32 Å². The average molecular weight is 330 g/mol. The Morgan fingerprint density at radius 1 is 1.32 bits per heavy atom. The highest BCUT2D eigenvalue weighted by molar-refractivity contribution is 9.10. The minimum absolute atomic E-state index is 0.0178. The van der Waals surface area contributed by atoms with Gasteiger partial charge in [-0.05, 0) is 37.6 Å². The number of amides is 1. The molecule has 0 saturated carbocycles. The number of carboxylic acid groups (broad SMARTS) is 1. The minimum atomic E-state index is -1.14. The van der Waals surface area contributed by atoms with Gasteiger partial charge in [-0.1, -0.05) is 15.9 Å². The second kappa shape index (κ2) is 6.47. The summed E-state index contributed by atoms with van der Waals surface area (Å²) in [5.41, 5.74) is 0.685. The molecule has 4 nitrogen and oxygen atoms in total. The molecule has 1 aromatic rings. The Labute approximate surface area is 118 Å². The summed E-state index contributed by atoms with van der Waals surface area (Å²) in [6.07, 6.45) is 0. The molecule has 0 fully saturated rings. The standard InChI is InChI=1S/C13H13BrFNO3/c1-7(8(2)13(18)19)12(17)16-6-9-5-10(15)3-4-11(9)14/h3-5H,6H2,1-2H3,(H,16,17)(H,18,19). The molecule has 0 spiro atoms. The monoisotopic (exact) mass is 329 g/mol. The number of rotatable bonds is 4. The summed E-state index contributed by atoms with van der Waals surface area (Å²) >= 11 is 3.25. The molecule has 0 unspecified atom stereocenters. The van der Waals surface area contributed by atoms with Gasteiger partial charge in [-0.3, -0.25) is 4.79 Å². The zero-order chi connectivity index (χ0) is 14.6. The predicted octanol–water partition coefficient (Wildman–Crippen LogP) is 2.63. The van der Waals surface area contributed by atoms with Gasteiger partial charge in [0.2, 0.25) is 5.91 Å². The molecule has 1 rings (SSSR count). The first kappa shape index (κ1) is 15.4. The number of carboxylic acids is 1. The van der Waals surface area contributed by atoms with E-state index in [1.165, 1.54) is 26.0 Å². The lowest BCUT2D eigenvalue weighted by Gasteiger charge is -2.08. The van der Waals surface area contributed by atoms with E-state index in [9.17, 15) is 14.0 Å². The van der Waals surface area contributed by atoms with Gasteiger partial charge in [0.15, 0.2) is 0 Å². The molecule has 102 valence electrons. The molecule has 0 aliphatic carbocycles. The average Bonchev–Trinajstić information content (AvgIpc) is 2.37. The molecule has 1 aromatic carbocycles. The zero-order valence-electron chi connectivity index (χ0n) is 10.5. The fourth-order valence-electron chi connectivity index (χ4n) is 1.32. The van der Waals surface area contributed by atoms with E-state index in [1.54, 1.807) is 6.07 Å². The van der Waals surface area contributed by atoms with Gasteiger partial charge in [0.05, 0.1) is 0 Å². The molecule has 1 amide bonds. The largest absolute Gasteiger partial charge is 0.478 e. The van der Waals surface area contributed by atoms with Gasteiger partial charge in [0, 0.05) is 22.2 Å². The maximum absolute atomic E-state index is 13.0. The summed E-state index contributed by atoms with van der Waals surface area (Å²) < 4.78 is 13.7. The lowest BCUT2D eigenvalue weighted by molar-refractivity contribution is -0.133. The van der Waals surface area contributed by atoms with Gasteiger partial charge in [0.1, 0.15) is 5.82 Å². The summed E-state index contributed by atoms with van der Waals surface area (Å²) in [5.74, 6) is -2.03. The number of halogens is 2. The molecule has 0 aliphatic rings. The van der Waals surface area contributed by atoms with Crippen LogP contribution in [-0.2, 0) is 16.1 Å². The van der Waals surface area contributed by atoms with Crippen LogP contribution < -0.4 is 5.32 Å². The van der Waals surface area contributed by atoms with Crippen molar-refractivity contribution >= 4 is 27.8 Å². The van der Waals surface area contributed by atoms with Gasteiger partial charge < -0.3 is 10.4 Å². The van der Waals surface area contributed by atoms with E-state index in [1.807, 2.05) is 0 Å². The smallest absolute Gasteiger partial charge is 0.331 e. The van der Waals surface area contributed by atoms with Crippen LogP contribution >= 0.6 is 15.9 Å². The highest BCUT2D eigenvalue weighted by Crippen LogP contribution is 2.17. The highest BCUT2D eigenvalue weighted by atomic mass is 79.9. The van der Waals surface area contributed by atoms with E-state index in [0.29, 0.717) is 10.0 Å². The van der Waals surface area contributed by atoms with Gasteiger partial charge in [-0.2, -0.15) is 0 Å². The van der Waals surface area contributed by atoms with Crippen molar-refractivity contribution in [2.45, 2.75) is 20.4 Å². The predicted molar refractivity (Wildman–Crippen MR) is 72.0 cm³/mol. The van der Waals surface area contributed by atoms with E-state index >= 15 is 0 Å². The molecule has 0 atom stereocenters. The number of aliphatic carboxylic acids is 1. The summed E-state index contributed by atoms with van der Waals surface area (Å²) in [6.45, 7) is 2.90. The Bertz CT molecular complexity index is 555. The van der Waals surface area contributed by atoms with Crippen LogP contribution in [0.4, 0.5) is 4.39 Å². The van der Waals surface area contributed by atoms with Gasteiger partial charge >= 0.3 is 5.97 Å². The van der Waals surface area contributed by atoms with Crippen molar-refractivity contribution in [3.05, 3.63) is 45.2 Å². The first-order valence-corrected chi connectivity index (χ1v) is 6.25. The summed E-state index contributed by atoms with van der Waals surface area (Å²) in [4.78, 5) is 22.4. The molecule has 19 heavy (non-hydrogen) atoms. The molecule has 0 aliphatic heterocycles. The summed E-state index contributed by atoms with van der Waals surface area (Å²) in [6, 6.07) is 4.14. The fraction of sp³-hybridized carbons (Fsp3) is 0.231.